The van der Waals surface area contributed by atoms with E-state index in [1.807, 2.05) is 6.92 Å². The third kappa shape index (κ3) is 3.84. The summed E-state index contributed by atoms with van der Waals surface area (Å²) in [5.41, 5.74) is 8.36. The minimum absolute atomic E-state index is 0.0502. The van der Waals surface area contributed by atoms with E-state index in [0.717, 1.165) is 5.56 Å². The van der Waals surface area contributed by atoms with E-state index in [4.69, 9.17) is 15.2 Å². The van der Waals surface area contributed by atoms with Crippen molar-refractivity contribution in [3.05, 3.63) is 35.9 Å². The molecule has 5 rings (SSSR count). The smallest absolute Gasteiger partial charge is 0.320 e. The standard InChI is InChI=1S/C22H22F2N6O3/c1-10-13(6-28-21-20(10)26-2-3-33-21)12-4-11-5-17(27-7-14(11)19(25)18(12)24)30-22(31)29-16-9-32-8-15(16)23/h4-7,15-16,26H,2-3,8-9,25H2,1H3,(H2,27,29,30,31). The lowest BCUT2D eigenvalue weighted by molar-refractivity contribution is 0.172. The van der Waals surface area contributed by atoms with Gasteiger partial charge in [0.2, 0.25) is 5.88 Å². The molecule has 2 aliphatic heterocycles. The van der Waals surface area contributed by atoms with Crippen LogP contribution < -0.4 is 26.4 Å². The molecule has 5 N–H and O–H groups in total. The third-order valence-electron chi connectivity index (χ3n) is 5.80. The molecule has 9 nitrogen and oxygen atoms in total. The molecular formula is C22H22F2N6O3. The van der Waals surface area contributed by atoms with Gasteiger partial charge in [0.1, 0.15) is 24.3 Å². The molecule has 2 unspecified atom stereocenters. The normalized spacial score (nSPS) is 19.5. The van der Waals surface area contributed by atoms with Crippen molar-refractivity contribution >= 4 is 34.0 Å². The first-order valence-electron chi connectivity index (χ1n) is 10.5. The van der Waals surface area contributed by atoms with Gasteiger partial charge in [0.25, 0.3) is 0 Å². The second-order valence-corrected chi connectivity index (χ2v) is 7.95. The molecule has 2 atom stereocenters. The summed E-state index contributed by atoms with van der Waals surface area (Å²) in [6.07, 6.45) is 1.67. The van der Waals surface area contributed by atoms with E-state index in [0.29, 0.717) is 41.1 Å². The molecule has 11 heteroatoms. The lowest BCUT2D eigenvalue weighted by Crippen LogP contribution is -2.43. The SMILES string of the molecule is Cc1c(-c2cc3cc(NC(=O)NC4COCC4F)ncc3c(N)c2F)cnc2c1NCCO2. The van der Waals surface area contributed by atoms with Gasteiger partial charge in [-0.1, -0.05) is 0 Å². The quantitative estimate of drug-likeness (QED) is 0.447. The Bertz CT molecular complexity index is 1250. The molecule has 0 spiro atoms. The molecule has 2 aliphatic rings. The maximum Gasteiger partial charge on any atom is 0.320 e. The van der Waals surface area contributed by atoms with Gasteiger partial charge in [-0.2, -0.15) is 0 Å². The van der Waals surface area contributed by atoms with Crippen molar-refractivity contribution in [2.45, 2.75) is 19.1 Å². The first kappa shape index (κ1) is 21.1. The number of nitrogens with zero attached hydrogens (tertiary/aromatic N) is 2. The summed E-state index contributed by atoms with van der Waals surface area (Å²) >= 11 is 0. The number of nitrogens with one attached hydrogen (secondary N) is 3. The van der Waals surface area contributed by atoms with Crippen LogP contribution >= 0.6 is 0 Å². The number of aromatic nitrogens is 2. The number of ether oxygens (including phenoxy) is 2. The fourth-order valence-corrected chi connectivity index (χ4v) is 4.04. The van der Waals surface area contributed by atoms with Crippen molar-refractivity contribution in [3.8, 4) is 17.0 Å². The van der Waals surface area contributed by atoms with Crippen LogP contribution in [-0.4, -0.2) is 54.6 Å². The summed E-state index contributed by atoms with van der Waals surface area (Å²) in [6.45, 7) is 3.04. The van der Waals surface area contributed by atoms with Gasteiger partial charge in [0, 0.05) is 35.5 Å². The molecule has 0 saturated carbocycles. The molecule has 0 bridgehead atoms. The predicted molar refractivity (Wildman–Crippen MR) is 120 cm³/mol. The van der Waals surface area contributed by atoms with Crippen LogP contribution in [0.1, 0.15) is 5.56 Å². The summed E-state index contributed by atoms with van der Waals surface area (Å²) in [5, 5.41) is 9.30. The van der Waals surface area contributed by atoms with Crippen molar-refractivity contribution in [1.82, 2.24) is 15.3 Å². The van der Waals surface area contributed by atoms with E-state index in [1.54, 1.807) is 18.3 Å². The number of nitrogen functional groups attached to an aromatic ring is 1. The van der Waals surface area contributed by atoms with Crippen LogP contribution in [0.3, 0.4) is 0 Å². The molecule has 1 saturated heterocycles. The molecule has 2 amide bonds. The van der Waals surface area contributed by atoms with Crippen molar-refractivity contribution in [2.75, 3.05) is 42.7 Å². The molecule has 4 heterocycles. The van der Waals surface area contributed by atoms with Gasteiger partial charge in [0.15, 0.2) is 5.82 Å². The molecule has 0 aliphatic carbocycles. The van der Waals surface area contributed by atoms with Gasteiger partial charge >= 0.3 is 6.03 Å². The van der Waals surface area contributed by atoms with Crippen molar-refractivity contribution in [3.63, 3.8) is 0 Å². The van der Waals surface area contributed by atoms with Crippen LogP contribution in [0, 0.1) is 12.7 Å². The van der Waals surface area contributed by atoms with Gasteiger partial charge in [-0.15, -0.1) is 0 Å². The lowest BCUT2D eigenvalue weighted by Gasteiger charge is -2.22. The second-order valence-electron chi connectivity index (χ2n) is 7.95. The number of halogens is 2. The van der Waals surface area contributed by atoms with Crippen molar-refractivity contribution in [1.29, 1.82) is 0 Å². The molecule has 1 aromatic carbocycles. The van der Waals surface area contributed by atoms with E-state index in [2.05, 4.69) is 25.9 Å². The summed E-state index contributed by atoms with van der Waals surface area (Å²) in [4.78, 5) is 20.7. The van der Waals surface area contributed by atoms with Gasteiger partial charge < -0.3 is 25.8 Å². The first-order valence-corrected chi connectivity index (χ1v) is 10.5. The Morgan fingerprint density at radius 2 is 2.09 bits per heavy atom. The largest absolute Gasteiger partial charge is 0.474 e. The topological polar surface area (TPSA) is 123 Å². The van der Waals surface area contributed by atoms with Crippen LogP contribution in [0.4, 0.5) is 30.8 Å². The molecule has 0 radical (unpaired) electrons. The Hall–Kier alpha value is -3.73. The number of nitrogens with two attached hydrogens (primary N) is 1. The van der Waals surface area contributed by atoms with Gasteiger partial charge in [-0.25, -0.2) is 23.5 Å². The van der Waals surface area contributed by atoms with Crippen molar-refractivity contribution < 1.29 is 23.0 Å². The molecule has 1 fully saturated rings. The van der Waals surface area contributed by atoms with Gasteiger partial charge in [-0.05, 0) is 30.0 Å². The molecule has 33 heavy (non-hydrogen) atoms. The lowest BCUT2D eigenvalue weighted by atomic mass is 9.97. The molecular weight excluding hydrogens is 434 g/mol. The van der Waals surface area contributed by atoms with E-state index in [9.17, 15) is 9.18 Å². The fourth-order valence-electron chi connectivity index (χ4n) is 4.04. The fraction of sp³-hybridized carbons (Fsp3) is 0.318. The summed E-state index contributed by atoms with van der Waals surface area (Å²) in [6, 6.07) is 1.87. The number of rotatable bonds is 3. The number of hydrogen-bond acceptors (Lipinski definition) is 7. The highest BCUT2D eigenvalue weighted by Gasteiger charge is 2.29. The number of hydrogen-bond donors (Lipinski definition) is 4. The van der Waals surface area contributed by atoms with Crippen LogP contribution in [0.2, 0.25) is 0 Å². The Morgan fingerprint density at radius 1 is 1.24 bits per heavy atom. The number of anilines is 3. The molecule has 3 aromatic rings. The number of benzene rings is 1. The first-order chi connectivity index (χ1) is 15.9. The minimum Gasteiger partial charge on any atom is -0.474 e. The molecule has 172 valence electrons. The Labute approximate surface area is 187 Å². The van der Waals surface area contributed by atoms with Gasteiger partial charge in [0.05, 0.1) is 24.9 Å². The zero-order valence-corrected chi connectivity index (χ0v) is 17.7. The number of pyridine rings is 2. The Kier molecular flexibility index (Phi) is 5.33. The highest BCUT2D eigenvalue weighted by molar-refractivity contribution is 6.00. The van der Waals surface area contributed by atoms with E-state index in [-0.39, 0.29) is 30.3 Å². The second kappa shape index (κ2) is 8.32. The maximum absolute atomic E-state index is 15.2. The number of urea groups is 1. The zero-order valence-electron chi connectivity index (χ0n) is 17.7. The average molecular weight is 456 g/mol. The number of fused-ring (bicyclic) bond motifs is 2. The van der Waals surface area contributed by atoms with E-state index < -0.39 is 24.1 Å². The van der Waals surface area contributed by atoms with E-state index >= 15 is 4.39 Å². The highest BCUT2D eigenvalue weighted by Crippen LogP contribution is 2.39. The predicted octanol–water partition coefficient (Wildman–Crippen LogP) is 2.99. The van der Waals surface area contributed by atoms with Crippen LogP contribution in [-0.2, 0) is 4.74 Å². The zero-order chi connectivity index (χ0) is 23.1. The Morgan fingerprint density at radius 3 is 2.88 bits per heavy atom. The number of alkyl halides is 1. The number of carbonyl (C=O) groups is 1. The number of carbonyl (C=O) groups excluding carboxylic acids is 1. The Balaban J connectivity index is 1.48. The number of amides is 2. The summed E-state index contributed by atoms with van der Waals surface area (Å²) in [7, 11) is 0. The van der Waals surface area contributed by atoms with Crippen LogP contribution in [0.25, 0.3) is 21.9 Å². The van der Waals surface area contributed by atoms with Crippen molar-refractivity contribution in [2.24, 2.45) is 0 Å². The van der Waals surface area contributed by atoms with Crippen LogP contribution in [0.15, 0.2) is 24.5 Å². The summed E-state index contributed by atoms with van der Waals surface area (Å²) in [5.74, 6) is 0.0998. The maximum atomic E-state index is 15.2. The van der Waals surface area contributed by atoms with Crippen LogP contribution in [0.5, 0.6) is 5.88 Å². The minimum atomic E-state index is -1.26. The third-order valence-corrected chi connectivity index (χ3v) is 5.80. The monoisotopic (exact) mass is 456 g/mol. The molecule has 2 aromatic heterocycles. The van der Waals surface area contributed by atoms with E-state index in [1.165, 1.54) is 6.20 Å². The average Bonchev–Trinajstić information content (AvgIpc) is 3.21. The summed E-state index contributed by atoms with van der Waals surface area (Å²) < 4.78 is 39.5. The van der Waals surface area contributed by atoms with Gasteiger partial charge in [-0.3, -0.25) is 5.32 Å². The highest BCUT2D eigenvalue weighted by atomic mass is 19.1.